The Kier molecular flexibility index (Phi) is 4.67. The molecular weight excluding hydrogens is 336 g/mol. The fourth-order valence-corrected chi connectivity index (χ4v) is 2.69. The fraction of sp³-hybridized carbons (Fsp3) is 0.158. The van der Waals surface area contributed by atoms with Crippen LogP contribution in [0.2, 0.25) is 0 Å². The minimum atomic E-state index is -0.586. The van der Waals surface area contributed by atoms with Crippen LogP contribution in [0.5, 0.6) is 11.5 Å². The number of benzene rings is 2. The molecule has 0 aliphatic rings. The van der Waals surface area contributed by atoms with Gasteiger partial charge in [0.15, 0.2) is 0 Å². The maximum atomic E-state index is 11.7. The minimum Gasteiger partial charge on any atom is -0.450 e. The molecule has 1 aromatic heterocycles. The largest absolute Gasteiger partial charge is 0.450 e. The highest BCUT2D eigenvalue weighted by Gasteiger charge is 2.17. The van der Waals surface area contributed by atoms with E-state index in [0.717, 1.165) is 23.8 Å². The molecule has 130 valence electrons. The molecule has 0 spiro atoms. The summed E-state index contributed by atoms with van der Waals surface area (Å²) in [7, 11) is 0. The Balaban J connectivity index is 2.06. The van der Waals surface area contributed by atoms with Crippen molar-refractivity contribution in [1.82, 2.24) is 0 Å². The Hall–Kier alpha value is -3.66. The van der Waals surface area contributed by atoms with Gasteiger partial charge in [0, 0.05) is 29.7 Å². The van der Waals surface area contributed by atoms with Crippen LogP contribution in [0.1, 0.15) is 24.5 Å². The van der Waals surface area contributed by atoms with Crippen LogP contribution < -0.4 is 10.4 Å². The van der Waals surface area contributed by atoms with Crippen molar-refractivity contribution in [2.75, 3.05) is 0 Å². The number of nitro groups is 1. The molecule has 0 radical (unpaired) electrons. The average Bonchev–Trinajstić information content (AvgIpc) is 2.61. The predicted molar refractivity (Wildman–Crippen MR) is 94.4 cm³/mol. The number of hydrogen-bond donors (Lipinski definition) is 0. The first-order chi connectivity index (χ1) is 12.5. The molecule has 0 atom stereocenters. The molecule has 0 saturated heterocycles. The van der Waals surface area contributed by atoms with Crippen molar-refractivity contribution in [2.45, 2.75) is 19.8 Å². The number of hydrogen-bond acceptors (Lipinski definition) is 6. The van der Waals surface area contributed by atoms with E-state index in [0.29, 0.717) is 5.58 Å². The molecule has 2 aromatic carbocycles. The first-order valence-electron chi connectivity index (χ1n) is 7.95. The normalized spacial score (nSPS) is 10.5. The van der Waals surface area contributed by atoms with E-state index in [2.05, 4.69) is 0 Å². The molecule has 0 unspecified atom stereocenters. The number of ether oxygens (including phenoxy) is 1. The lowest BCUT2D eigenvalue weighted by Crippen LogP contribution is -2.01. The quantitative estimate of drug-likeness (QED) is 0.385. The number of nitro benzene ring substituents is 1. The third-order valence-electron chi connectivity index (χ3n) is 3.83. The van der Waals surface area contributed by atoms with E-state index in [1.165, 1.54) is 30.3 Å². The van der Waals surface area contributed by atoms with Crippen molar-refractivity contribution >= 4 is 16.7 Å². The van der Waals surface area contributed by atoms with Crippen molar-refractivity contribution in [3.63, 3.8) is 0 Å². The highest BCUT2D eigenvalue weighted by atomic mass is 16.6. The molecule has 3 rings (SSSR count). The molecule has 3 aromatic rings. The second-order valence-corrected chi connectivity index (χ2v) is 5.65. The van der Waals surface area contributed by atoms with Gasteiger partial charge >= 0.3 is 11.3 Å². The maximum absolute atomic E-state index is 11.7. The summed E-state index contributed by atoms with van der Waals surface area (Å²) in [6.07, 6.45) is 1.61. The number of rotatable bonds is 5. The van der Waals surface area contributed by atoms with Crippen LogP contribution in [0.3, 0.4) is 0 Å². The average molecular weight is 350 g/mol. The van der Waals surface area contributed by atoms with Crippen LogP contribution in [0.4, 0.5) is 5.69 Å². The molecule has 0 aliphatic heterocycles. The van der Waals surface area contributed by atoms with Gasteiger partial charge in [-0.1, -0.05) is 13.3 Å². The molecule has 0 saturated carbocycles. The molecule has 7 heteroatoms. The number of nitriles is 1. The topological polar surface area (TPSA) is 106 Å². The second-order valence-electron chi connectivity index (χ2n) is 5.65. The van der Waals surface area contributed by atoms with E-state index in [-0.39, 0.29) is 22.7 Å². The summed E-state index contributed by atoms with van der Waals surface area (Å²) in [5.74, 6) is 0.216. The Morgan fingerprint density at radius 3 is 2.73 bits per heavy atom. The van der Waals surface area contributed by atoms with E-state index in [4.69, 9.17) is 14.4 Å². The Morgan fingerprint density at radius 2 is 2.04 bits per heavy atom. The van der Waals surface area contributed by atoms with Gasteiger partial charge < -0.3 is 9.15 Å². The van der Waals surface area contributed by atoms with Gasteiger partial charge in [-0.15, -0.1) is 0 Å². The molecule has 0 bridgehead atoms. The van der Waals surface area contributed by atoms with Gasteiger partial charge in [-0.05, 0) is 30.2 Å². The van der Waals surface area contributed by atoms with Crippen molar-refractivity contribution in [3.8, 4) is 17.6 Å². The fourth-order valence-electron chi connectivity index (χ4n) is 2.69. The van der Waals surface area contributed by atoms with Crippen LogP contribution in [0.25, 0.3) is 11.0 Å². The summed E-state index contributed by atoms with van der Waals surface area (Å²) in [5.41, 5.74) is 0.740. The van der Waals surface area contributed by atoms with Crippen molar-refractivity contribution in [3.05, 3.63) is 74.1 Å². The Labute approximate surface area is 148 Å². The van der Waals surface area contributed by atoms with Gasteiger partial charge in [0.05, 0.1) is 16.6 Å². The summed E-state index contributed by atoms with van der Waals surface area (Å²) in [5, 5.41) is 20.9. The lowest BCUT2D eigenvalue weighted by molar-refractivity contribution is -0.385. The molecule has 0 aliphatic carbocycles. The predicted octanol–water partition coefficient (Wildman–Crippen LogP) is 4.32. The lowest BCUT2D eigenvalue weighted by atomic mass is 10.1. The van der Waals surface area contributed by atoms with Crippen molar-refractivity contribution < 1.29 is 14.1 Å². The van der Waals surface area contributed by atoms with Gasteiger partial charge in [0.2, 0.25) is 5.75 Å². The van der Waals surface area contributed by atoms with Gasteiger partial charge in [-0.25, -0.2) is 4.79 Å². The number of fused-ring (bicyclic) bond motifs is 1. The molecule has 0 N–H and O–H groups in total. The smallest absolute Gasteiger partial charge is 0.336 e. The van der Waals surface area contributed by atoms with E-state index >= 15 is 0 Å². The first-order valence-corrected chi connectivity index (χ1v) is 7.95. The first kappa shape index (κ1) is 17.2. The maximum Gasteiger partial charge on any atom is 0.336 e. The Bertz CT molecular complexity index is 1100. The molecule has 7 nitrogen and oxygen atoms in total. The molecule has 0 amide bonds. The zero-order chi connectivity index (χ0) is 18.7. The summed E-state index contributed by atoms with van der Waals surface area (Å²) >= 11 is 0. The highest BCUT2D eigenvalue weighted by molar-refractivity contribution is 5.81. The van der Waals surface area contributed by atoms with Gasteiger partial charge in [-0.3, -0.25) is 10.1 Å². The Morgan fingerprint density at radius 1 is 1.23 bits per heavy atom. The monoisotopic (exact) mass is 350 g/mol. The van der Waals surface area contributed by atoms with Crippen molar-refractivity contribution in [1.29, 1.82) is 5.26 Å². The van der Waals surface area contributed by atoms with Crippen LogP contribution >= 0.6 is 0 Å². The summed E-state index contributed by atoms with van der Waals surface area (Å²) in [6.45, 7) is 2.01. The lowest BCUT2D eigenvalue weighted by Gasteiger charge is -2.09. The van der Waals surface area contributed by atoms with Gasteiger partial charge in [-0.2, -0.15) is 5.26 Å². The van der Waals surface area contributed by atoms with Crippen LogP contribution in [-0.2, 0) is 6.42 Å². The summed E-state index contributed by atoms with van der Waals surface area (Å²) in [6, 6.07) is 12.1. The standard InChI is InChI=1S/C19H14N2O5/c1-2-3-13-9-19(22)26-17-10-14(5-6-15(13)17)25-18-8-12(11-20)4-7-16(18)21(23)24/h4-10H,2-3H2,1H3. The van der Waals surface area contributed by atoms with Crippen LogP contribution in [0.15, 0.2) is 51.7 Å². The number of aryl methyl sites for hydroxylation is 1. The third kappa shape index (κ3) is 3.39. The molecule has 26 heavy (non-hydrogen) atoms. The summed E-state index contributed by atoms with van der Waals surface area (Å²) in [4.78, 5) is 22.3. The minimum absolute atomic E-state index is 0.0551. The second kappa shape index (κ2) is 7.07. The zero-order valence-electron chi connectivity index (χ0n) is 13.9. The van der Waals surface area contributed by atoms with Crippen molar-refractivity contribution in [2.24, 2.45) is 0 Å². The van der Waals surface area contributed by atoms with E-state index in [9.17, 15) is 14.9 Å². The van der Waals surface area contributed by atoms with Crippen LogP contribution in [-0.4, -0.2) is 4.92 Å². The zero-order valence-corrected chi connectivity index (χ0v) is 13.9. The van der Waals surface area contributed by atoms with E-state index in [1.54, 1.807) is 12.1 Å². The SMILES string of the molecule is CCCc1cc(=O)oc2cc(Oc3cc(C#N)ccc3[N+](=O)[O-])ccc12. The van der Waals surface area contributed by atoms with Gasteiger partial charge in [0.25, 0.3) is 0 Å². The summed E-state index contributed by atoms with van der Waals surface area (Å²) < 4.78 is 10.8. The molecule has 1 heterocycles. The van der Waals surface area contributed by atoms with Crippen LogP contribution in [0, 0.1) is 21.4 Å². The van der Waals surface area contributed by atoms with E-state index in [1.807, 2.05) is 13.0 Å². The van der Waals surface area contributed by atoms with Gasteiger partial charge in [0.1, 0.15) is 11.3 Å². The van der Waals surface area contributed by atoms with E-state index < -0.39 is 10.5 Å². The third-order valence-corrected chi connectivity index (χ3v) is 3.83. The molecular formula is C19H14N2O5. The number of nitrogens with zero attached hydrogens (tertiary/aromatic N) is 2. The highest BCUT2D eigenvalue weighted by Crippen LogP contribution is 2.33. The molecule has 0 fully saturated rings.